The molecule has 0 aromatic carbocycles. The molecule has 1 aliphatic carbocycles. The molecule has 22 heavy (non-hydrogen) atoms. The van der Waals surface area contributed by atoms with Crippen molar-refractivity contribution in [3.05, 3.63) is 29.8 Å². The summed E-state index contributed by atoms with van der Waals surface area (Å²) in [5.74, 6) is 0. The molecule has 0 aliphatic heterocycles. The van der Waals surface area contributed by atoms with E-state index in [1.54, 1.807) is 0 Å². The molecule has 0 bridgehead atoms. The second-order valence-corrected chi connectivity index (χ2v) is 6.00. The summed E-state index contributed by atoms with van der Waals surface area (Å²) in [6, 6.07) is 2.76. The van der Waals surface area contributed by atoms with E-state index in [2.05, 4.69) is 44.1 Å². The van der Waals surface area contributed by atoms with Gasteiger partial charge in [-0.25, -0.2) is 0 Å². The lowest BCUT2D eigenvalue weighted by molar-refractivity contribution is 0.467. The van der Waals surface area contributed by atoms with Gasteiger partial charge in [0, 0.05) is 12.7 Å². The van der Waals surface area contributed by atoms with E-state index in [-0.39, 0.29) is 12.4 Å². The Labute approximate surface area is 138 Å². The Bertz CT molecular complexity index is 583. The summed E-state index contributed by atoms with van der Waals surface area (Å²) in [6.45, 7) is 6.01. The summed E-state index contributed by atoms with van der Waals surface area (Å²) in [7, 11) is 0. The highest BCUT2D eigenvalue weighted by Gasteiger charge is 2.17. The van der Waals surface area contributed by atoms with Crippen LogP contribution in [0.25, 0.3) is 0 Å². The van der Waals surface area contributed by atoms with Gasteiger partial charge in [0.25, 0.3) is 0 Å². The van der Waals surface area contributed by atoms with Crippen LogP contribution in [-0.2, 0) is 13.1 Å². The maximum Gasteiger partial charge on any atom is 0.0729 e. The largest absolute Gasteiger partial charge is 0.377 e. The van der Waals surface area contributed by atoms with Crippen molar-refractivity contribution in [2.24, 2.45) is 0 Å². The van der Waals surface area contributed by atoms with Crippen molar-refractivity contribution in [1.29, 1.82) is 0 Å². The van der Waals surface area contributed by atoms with Gasteiger partial charge in [-0.2, -0.15) is 10.2 Å². The first-order valence-corrected chi connectivity index (χ1v) is 8.07. The highest BCUT2D eigenvalue weighted by Crippen LogP contribution is 2.29. The molecule has 5 nitrogen and oxygen atoms in total. The van der Waals surface area contributed by atoms with E-state index < -0.39 is 0 Å². The maximum atomic E-state index is 4.54. The number of nitrogens with one attached hydrogen (secondary N) is 1. The summed E-state index contributed by atoms with van der Waals surface area (Å²) >= 11 is 0. The fraction of sp³-hybridized carbons (Fsp3) is 0.625. The highest BCUT2D eigenvalue weighted by atomic mass is 35.5. The molecule has 1 aliphatic rings. The Kier molecular flexibility index (Phi) is 5.89. The van der Waals surface area contributed by atoms with Gasteiger partial charge in [0.2, 0.25) is 0 Å². The van der Waals surface area contributed by atoms with Crippen molar-refractivity contribution >= 4 is 18.1 Å². The molecule has 0 radical (unpaired) electrons. The van der Waals surface area contributed by atoms with E-state index in [1.165, 1.54) is 31.4 Å². The monoisotopic (exact) mass is 323 g/mol. The number of aromatic nitrogens is 4. The minimum atomic E-state index is 0. The maximum absolute atomic E-state index is 4.54. The van der Waals surface area contributed by atoms with Crippen LogP contribution in [0.5, 0.6) is 0 Å². The van der Waals surface area contributed by atoms with Gasteiger partial charge in [-0.3, -0.25) is 9.36 Å². The minimum absolute atomic E-state index is 0. The summed E-state index contributed by atoms with van der Waals surface area (Å²) < 4.78 is 4.23. The van der Waals surface area contributed by atoms with E-state index in [4.69, 9.17) is 0 Å². The molecule has 0 unspecified atom stereocenters. The molecule has 2 heterocycles. The van der Waals surface area contributed by atoms with E-state index in [0.29, 0.717) is 6.04 Å². The Morgan fingerprint density at radius 1 is 1.32 bits per heavy atom. The van der Waals surface area contributed by atoms with Gasteiger partial charge >= 0.3 is 0 Å². The number of aryl methyl sites for hydroxylation is 2. The average molecular weight is 324 g/mol. The van der Waals surface area contributed by atoms with Crippen molar-refractivity contribution < 1.29 is 0 Å². The normalized spacial score (nSPS) is 15.0. The lowest BCUT2D eigenvalue weighted by Gasteiger charge is -2.09. The fourth-order valence-corrected chi connectivity index (χ4v) is 3.14. The highest BCUT2D eigenvalue weighted by molar-refractivity contribution is 5.85. The molecular formula is C16H26ClN5. The van der Waals surface area contributed by atoms with Crippen LogP contribution in [0.15, 0.2) is 18.5 Å². The van der Waals surface area contributed by atoms with Crippen molar-refractivity contribution in [2.75, 3.05) is 5.32 Å². The van der Waals surface area contributed by atoms with Crippen LogP contribution in [0, 0.1) is 6.92 Å². The molecule has 0 amide bonds. The molecule has 6 heteroatoms. The smallest absolute Gasteiger partial charge is 0.0729 e. The first-order valence-electron chi connectivity index (χ1n) is 8.07. The van der Waals surface area contributed by atoms with E-state index in [9.17, 15) is 0 Å². The van der Waals surface area contributed by atoms with Gasteiger partial charge in [0.1, 0.15) is 0 Å². The van der Waals surface area contributed by atoms with Gasteiger partial charge in [-0.1, -0.05) is 19.8 Å². The number of rotatable bonds is 6. The van der Waals surface area contributed by atoms with Crippen LogP contribution in [0.1, 0.15) is 56.5 Å². The lowest BCUT2D eigenvalue weighted by Crippen LogP contribution is -2.09. The van der Waals surface area contributed by atoms with Crippen LogP contribution < -0.4 is 5.32 Å². The standard InChI is InChI=1S/C16H25N5.ClH/c1-3-8-20-16(9-13(2)19-20)11-17-14-10-18-21(12-14)15-6-4-5-7-15;/h9-10,12,15,17H,3-8,11H2,1-2H3;1H. The van der Waals surface area contributed by atoms with Gasteiger partial charge in [0.05, 0.1) is 35.9 Å². The van der Waals surface area contributed by atoms with Crippen molar-refractivity contribution in [3.63, 3.8) is 0 Å². The molecule has 2 aromatic heterocycles. The SMILES string of the molecule is CCCn1nc(C)cc1CNc1cnn(C2CCCC2)c1.Cl. The third-order valence-corrected chi connectivity index (χ3v) is 4.19. The third-order valence-electron chi connectivity index (χ3n) is 4.19. The van der Waals surface area contributed by atoms with Crippen LogP contribution in [-0.4, -0.2) is 19.6 Å². The first-order chi connectivity index (χ1) is 10.3. The van der Waals surface area contributed by atoms with Crippen LogP contribution >= 0.6 is 12.4 Å². The minimum Gasteiger partial charge on any atom is -0.377 e. The predicted molar refractivity (Wildman–Crippen MR) is 91.6 cm³/mol. The third kappa shape index (κ3) is 3.83. The molecule has 1 N–H and O–H groups in total. The summed E-state index contributed by atoms with van der Waals surface area (Å²) in [4.78, 5) is 0. The zero-order valence-electron chi connectivity index (χ0n) is 13.5. The van der Waals surface area contributed by atoms with Crippen molar-refractivity contribution in [1.82, 2.24) is 19.6 Å². The van der Waals surface area contributed by atoms with Crippen LogP contribution in [0.3, 0.4) is 0 Å². The van der Waals surface area contributed by atoms with Crippen molar-refractivity contribution in [3.8, 4) is 0 Å². The average Bonchev–Trinajstić information content (AvgIpc) is 3.16. The molecule has 1 saturated carbocycles. The number of halogens is 1. The number of nitrogens with zero attached hydrogens (tertiary/aromatic N) is 4. The molecule has 0 spiro atoms. The van der Waals surface area contributed by atoms with E-state index in [0.717, 1.165) is 30.9 Å². The summed E-state index contributed by atoms with van der Waals surface area (Å²) in [5, 5.41) is 12.5. The molecule has 0 atom stereocenters. The second-order valence-electron chi connectivity index (χ2n) is 6.00. The first kappa shape index (κ1) is 16.9. The summed E-state index contributed by atoms with van der Waals surface area (Å²) in [5.41, 5.74) is 3.42. The van der Waals surface area contributed by atoms with Gasteiger partial charge in [-0.15, -0.1) is 12.4 Å². The van der Waals surface area contributed by atoms with Crippen molar-refractivity contribution in [2.45, 2.75) is 65.1 Å². The number of hydrogen-bond acceptors (Lipinski definition) is 3. The lowest BCUT2D eigenvalue weighted by atomic mass is 10.3. The van der Waals surface area contributed by atoms with Gasteiger partial charge in [0.15, 0.2) is 0 Å². The Morgan fingerprint density at radius 2 is 2.09 bits per heavy atom. The molecular weight excluding hydrogens is 298 g/mol. The van der Waals surface area contributed by atoms with E-state index >= 15 is 0 Å². The van der Waals surface area contributed by atoms with Gasteiger partial charge in [-0.05, 0) is 32.3 Å². The number of anilines is 1. The molecule has 2 aromatic rings. The van der Waals surface area contributed by atoms with E-state index in [1.807, 2.05) is 13.1 Å². The Morgan fingerprint density at radius 3 is 2.82 bits per heavy atom. The quantitative estimate of drug-likeness (QED) is 0.875. The Balaban J connectivity index is 0.00000176. The fourth-order valence-electron chi connectivity index (χ4n) is 3.14. The second kappa shape index (κ2) is 7.68. The zero-order chi connectivity index (χ0) is 14.7. The van der Waals surface area contributed by atoms with Crippen LogP contribution in [0.2, 0.25) is 0 Å². The number of hydrogen-bond donors (Lipinski definition) is 1. The predicted octanol–water partition coefficient (Wildman–Crippen LogP) is 3.95. The Hall–Kier alpha value is -1.49. The zero-order valence-corrected chi connectivity index (χ0v) is 14.3. The summed E-state index contributed by atoms with van der Waals surface area (Å²) in [6.07, 6.45) is 10.4. The molecule has 3 rings (SSSR count). The van der Waals surface area contributed by atoms with Crippen LogP contribution in [0.4, 0.5) is 5.69 Å². The molecule has 0 saturated heterocycles. The van der Waals surface area contributed by atoms with Gasteiger partial charge < -0.3 is 5.32 Å². The molecule has 122 valence electrons. The topological polar surface area (TPSA) is 47.7 Å². The molecule has 1 fully saturated rings.